The number of carbonyl (C=O) groups is 1. The van der Waals surface area contributed by atoms with E-state index in [1.165, 1.54) is 12.8 Å². The number of hydrogen-bond donors (Lipinski definition) is 4. The van der Waals surface area contributed by atoms with Gasteiger partial charge < -0.3 is 20.4 Å². The van der Waals surface area contributed by atoms with E-state index in [4.69, 9.17) is 0 Å². The Balaban J connectivity index is 1.90. The van der Waals surface area contributed by atoms with Crippen LogP contribution in [-0.2, 0) is 4.79 Å². The number of aliphatic hydroxyl groups excluding tert-OH is 3. The summed E-state index contributed by atoms with van der Waals surface area (Å²) >= 11 is 0. The molecule has 0 aromatic heterocycles. The van der Waals surface area contributed by atoms with Gasteiger partial charge in [0.05, 0.1) is 11.5 Å². The third-order valence-electron chi connectivity index (χ3n) is 9.63. The summed E-state index contributed by atoms with van der Waals surface area (Å²) in [6, 6.07) is 0. The van der Waals surface area contributed by atoms with Crippen LogP contribution in [0.2, 0.25) is 0 Å². The number of allylic oxidation sites excluding steroid dienone is 1. The fourth-order valence-corrected chi connectivity index (χ4v) is 7.45. The van der Waals surface area contributed by atoms with Gasteiger partial charge >= 0.3 is 0 Å². The minimum absolute atomic E-state index is 0.0221. The van der Waals surface area contributed by atoms with Crippen molar-refractivity contribution in [3.63, 3.8) is 0 Å². The Labute approximate surface area is 194 Å². The van der Waals surface area contributed by atoms with Crippen molar-refractivity contribution in [3.8, 4) is 0 Å². The van der Waals surface area contributed by atoms with Crippen LogP contribution in [0.4, 0.5) is 0 Å². The highest BCUT2D eigenvalue weighted by molar-refractivity contribution is 6.02. The molecular formula is C27H46O5. The smallest absolute Gasteiger partial charge is 0.167 e. The molecular weight excluding hydrogens is 404 g/mol. The molecule has 0 spiro atoms. The molecule has 5 nitrogen and oxygen atoms in total. The van der Waals surface area contributed by atoms with Gasteiger partial charge in [-0.15, -0.1) is 0 Å². The Morgan fingerprint density at radius 2 is 1.78 bits per heavy atom. The summed E-state index contributed by atoms with van der Waals surface area (Å²) < 4.78 is 0. The molecule has 0 heterocycles. The minimum atomic E-state index is -1.62. The average Bonchev–Trinajstić information content (AvgIpc) is 3.04. The van der Waals surface area contributed by atoms with Crippen molar-refractivity contribution in [1.82, 2.24) is 0 Å². The lowest BCUT2D eigenvalue weighted by Gasteiger charge is -2.54. The molecule has 32 heavy (non-hydrogen) atoms. The lowest BCUT2D eigenvalue weighted by atomic mass is 9.53. The van der Waals surface area contributed by atoms with Crippen LogP contribution in [0, 0.1) is 34.5 Å². The van der Waals surface area contributed by atoms with Crippen LogP contribution in [-0.4, -0.2) is 50.6 Å². The average molecular weight is 451 g/mol. The molecule has 0 radical (unpaired) electrons. The monoisotopic (exact) mass is 450 g/mol. The first-order chi connectivity index (χ1) is 14.9. The summed E-state index contributed by atoms with van der Waals surface area (Å²) in [4.78, 5) is 13.9. The molecule has 0 amide bonds. The molecule has 8 atom stereocenters. The zero-order chi connectivity index (χ0) is 23.9. The van der Waals surface area contributed by atoms with Gasteiger partial charge in [0.2, 0.25) is 0 Å². The van der Waals surface area contributed by atoms with Crippen molar-refractivity contribution in [3.05, 3.63) is 11.6 Å². The fraction of sp³-hybridized carbons (Fsp3) is 0.889. The van der Waals surface area contributed by atoms with Gasteiger partial charge in [0, 0.05) is 13.0 Å². The molecule has 2 saturated carbocycles. The summed E-state index contributed by atoms with van der Waals surface area (Å²) in [6.07, 6.45) is 6.67. The number of aliphatic hydroxyl groups is 4. The standard InChI is InChI=1S/C27H46O5/c1-17(2)7-6-8-18(3)21-9-10-22(25(21,4)13-14-28)20-15-23(30)27(32)16-19(29)11-12-26(27,5)24(20)31/h15,17-19,21-23,28-30,32H,6-14,16H2,1-5H3/t18?,19-,21+,22?,23+,25+,26+,27?/m0/s1. The number of hydrogen-bond acceptors (Lipinski definition) is 5. The van der Waals surface area contributed by atoms with Crippen molar-refractivity contribution in [2.75, 3.05) is 6.61 Å². The molecule has 0 aromatic carbocycles. The van der Waals surface area contributed by atoms with E-state index in [-0.39, 0.29) is 30.1 Å². The summed E-state index contributed by atoms with van der Waals surface area (Å²) in [5, 5.41) is 42.4. The van der Waals surface area contributed by atoms with Gasteiger partial charge in [-0.3, -0.25) is 4.79 Å². The van der Waals surface area contributed by atoms with Gasteiger partial charge in [0.25, 0.3) is 0 Å². The molecule has 2 fully saturated rings. The molecule has 0 saturated heterocycles. The highest BCUT2D eigenvalue weighted by Gasteiger charge is 2.63. The van der Waals surface area contributed by atoms with E-state index in [0.717, 1.165) is 19.3 Å². The first-order valence-corrected chi connectivity index (χ1v) is 12.9. The van der Waals surface area contributed by atoms with E-state index < -0.39 is 23.2 Å². The summed E-state index contributed by atoms with van der Waals surface area (Å²) in [5.41, 5.74) is -2.28. The Morgan fingerprint density at radius 3 is 2.41 bits per heavy atom. The van der Waals surface area contributed by atoms with E-state index in [1.54, 1.807) is 13.0 Å². The normalized spacial score (nSPS) is 43.3. The zero-order valence-electron chi connectivity index (χ0n) is 20.8. The van der Waals surface area contributed by atoms with Crippen LogP contribution in [0.1, 0.15) is 92.4 Å². The molecule has 3 rings (SSSR count). The van der Waals surface area contributed by atoms with E-state index in [0.29, 0.717) is 42.6 Å². The lowest BCUT2D eigenvalue weighted by molar-refractivity contribution is -0.191. The van der Waals surface area contributed by atoms with Crippen molar-refractivity contribution < 1.29 is 25.2 Å². The van der Waals surface area contributed by atoms with Crippen LogP contribution in [0.25, 0.3) is 0 Å². The topological polar surface area (TPSA) is 98.0 Å². The van der Waals surface area contributed by atoms with Crippen molar-refractivity contribution >= 4 is 5.78 Å². The van der Waals surface area contributed by atoms with Gasteiger partial charge in [-0.2, -0.15) is 0 Å². The third kappa shape index (κ3) is 4.23. The lowest BCUT2D eigenvalue weighted by Crippen LogP contribution is -2.65. The predicted octanol–water partition coefficient (Wildman–Crippen LogP) is 4.02. The molecule has 5 heteroatoms. The molecule has 3 aliphatic rings. The van der Waals surface area contributed by atoms with Gasteiger partial charge in [-0.1, -0.05) is 47.0 Å². The zero-order valence-corrected chi connectivity index (χ0v) is 20.8. The Hall–Kier alpha value is -0.750. The maximum atomic E-state index is 13.9. The minimum Gasteiger partial charge on any atom is -0.396 e. The second kappa shape index (κ2) is 9.48. The van der Waals surface area contributed by atoms with E-state index in [2.05, 4.69) is 27.7 Å². The number of rotatable bonds is 8. The number of Topliss-reactive ketones (excluding diaryl/α,β-unsaturated/α-hetero) is 1. The highest BCUT2D eigenvalue weighted by Crippen LogP contribution is 2.60. The Kier molecular flexibility index (Phi) is 7.66. The second-order valence-electron chi connectivity index (χ2n) is 12.1. The van der Waals surface area contributed by atoms with Gasteiger partial charge in [0.1, 0.15) is 11.7 Å². The van der Waals surface area contributed by atoms with Crippen molar-refractivity contribution in [2.45, 2.75) is 110 Å². The Bertz CT molecular complexity index is 717. The van der Waals surface area contributed by atoms with Gasteiger partial charge in [-0.25, -0.2) is 0 Å². The molecule has 0 bridgehead atoms. The van der Waals surface area contributed by atoms with E-state index in [1.807, 2.05) is 0 Å². The maximum absolute atomic E-state index is 13.9. The summed E-state index contributed by atoms with van der Waals surface area (Å²) in [6.45, 7) is 10.9. The molecule has 0 aliphatic heterocycles. The predicted molar refractivity (Wildman–Crippen MR) is 126 cm³/mol. The van der Waals surface area contributed by atoms with Crippen molar-refractivity contribution in [1.29, 1.82) is 0 Å². The number of fused-ring (bicyclic) bond motifs is 1. The van der Waals surface area contributed by atoms with E-state index in [9.17, 15) is 25.2 Å². The first-order valence-electron chi connectivity index (χ1n) is 12.9. The SMILES string of the molecule is CC(C)CCCC(C)[C@H]1CCC(C2=C[C@@H](O)C3(O)C[C@@H](O)CC[C@]3(C)C2=O)[C@]1(C)CCO. The quantitative estimate of drug-likeness (QED) is 0.448. The number of carbonyl (C=O) groups excluding carboxylic acids is 1. The molecule has 184 valence electrons. The fourth-order valence-electron chi connectivity index (χ4n) is 7.45. The van der Waals surface area contributed by atoms with Crippen molar-refractivity contribution in [2.24, 2.45) is 34.5 Å². The number of ketones is 1. The van der Waals surface area contributed by atoms with Crippen LogP contribution in [0.15, 0.2) is 11.6 Å². The first kappa shape index (κ1) is 25.9. The molecule has 4 N–H and O–H groups in total. The van der Waals surface area contributed by atoms with E-state index >= 15 is 0 Å². The van der Waals surface area contributed by atoms with Gasteiger partial charge in [0.15, 0.2) is 5.78 Å². The van der Waals surface area contributed by atoms with Crippen LogP contribution in [0.3, 0.4) is 0 Å². The summed E-state index contributed by atoms with van der Waals surface area (Å²) in [7, 11) is 0. The largest absolute Gasteiger partial charge is 0.396 e. The van der Waals surface area contributed by atoms with Crippen LogP contribution < -0.4 is 0 Å². The van der Waals surface area contributed by atoms with Gasteiger partial charge in [-0.05, 0) is 79.8 Å². The second-order valence-corrected chi connectivity index (χ2v) is 12.1. The van der Waals surface area contributed by atoms with Crippen LogP contribution >= 0.6 is 0 Å². The molecule has 3 unspecified atom stereocenters. The maximum Gasteiger partial charge on any atom is 0.167 e. The third-order valence-corrected chi connectivity index (χ3v) is 9.63. The molecule has 3 aliphatic carbocycles. The highest BCUT2D eigenvalue weighted by atomic mass is 16.3. The Morgan fingerprint density at radius 1 is 1.09 bits per heavy atom. The van der Waals surface area contributed by atoms with Crippen LogP contribution in [0.5, 0.6) is 0 Å². The summed E-state index contributed by atoms with van der Waals surface area (Å²) in [5.74, 6) is 1.53. The molecule has 0 aromatic rings.